The molecule has 2 aliphatic heterocycles. The molecule has 1 saturated heterocycles. The van der Waals surface area contributed by atoms with Crippen LogP contribution in [0.3, 0.4) is 0 Å². The Morgan fingerprint density at radius 1 is 1.50 bits per heavy atom. The highest BCUT2D eigenvalue weighted by atomic mass is 19.2. The summed E-state index contributed by atoms with van der Waals surface area (Å²) < 4.78 is 26.2. The zero-order chi connectivity index (χ0) is 20.5. The van der Waals surface area contributed by atoms with E-state index in [1.165, 1.54) is 13.3 Å². The predicted molar refractivity (Wildman–Crippen MR) is 95.1 cm³/mol. The number of pyridine rings is 1. The minimum absolute atomic E-state index is 0.0304. The molecule has 1 aromatic heterocycles. The second kappa shape index (κ2) is 7.92. The summed E-state index contributed by atoms with van der Waals surface area (Å²) in [6, 6.07) is 0. The zero-order valence-corrected chi connectivity index (χ0v) is 15.3. The van der Waals surface area contributed by atoms with Crippen LogP contribution >= 0.6 is 0 Å². The van der Waals surface area contributed by atoms with Crippen molar-refractivity contribution in [2.45, 2.75) is 43.9 Å². The summed E-state index contributed by atoms with van der Waals surface area (Å²) in [5.74, 6) is -4.24. The van der Waals surface area contributed by atoms with Gasteiger partial charge in [-0.15, -0.1) is 0 Å². The van der Waals surface area contributed by atoms with Crippen LogP contribution < -0.4 is 10.5 Å². The average Bonchev–Trinajstić information content (AvgIpc) is 2.69. The second-order valence-electron chi connectivity index (χ2n) is 6.59. The first-order valence-corrected chi connectivity index (χ1v) is 8.80. The molecule has 3 rings (SSSR count). The van der Waals surface area contributed by atoms with E-state index in [2.05, 4.69) is 9.98 Å². The molecule has 0 saturated carbocycles. The lowest BCUT2D eigenvalue weighted by atomic mass is 9.87. The van der Waals surface area contributed by atoms with Gasteiger partial charge in [0.15, 0.2) is 0 Å². The zero-order valence-electron chi connectivity index (χ0n) is 15.3. The summed E-state index contributed by atoms with van der Waals surface area (Å²) in [7, 11) is 1.37. The quantitative estimate of drug-likeness (QED) is 0.549. The van der Waals surface area contributed by atoms with E-state index < -0.39 is 42.0 Å². The molecule has 0 aliphatic carbocycles. The minimum atomic E-state index is -3.33. The van der Waals surface area contributed by atoms with Crippen molar-refractivity contribution in [3.63, 3.8) is 0 Å². The first-order chi connectivity index (χ1) is 13.3. The summed E-state index contributed by atoms with van der Waals surface area (Å²) >= 11 is 0. The van der Waals surface area contributed by atoms with Crippen molar-refractivity contribution < 1.29 is 34.0 Å². The van der Waals surface area contributed by atoms with Gasteiger partial charge in [0.1, 0.15) is 17.5 Å². The van der Waals surface area contributed by atoms with E-state index in [1.807, 2.05) is 0 Å². The molecule has 9 nitrogen and oxygen atoms in total. The number of amides is 1. The first kappa shape index (κ1) is 20.3. The monoisotopic (exact) mass is 395 g/mol. The number of methoxy groups -OCH3 is 1. The third-order valence-electron chi connectivity index (χ3n) is 4.79. The number of aliphatic imine (C=N–C) groups is 1. The predicted octanol–water partition coefficient (Wildman–Crippen LogP) is 0.0150. The third-order valence-corrected chi connectivity index (χ3v) is 4.79. The molecule has 10 heteroatoms. The molecular weight excluding hydrogens is 373 g/mol. The van der Waals surface area contributed by atoms with Crippen LogP contribution in [0.4, 0.5) is 4.39 Å². The van der Waals surface area contributed by atoms with E-state index in [4.69, 9.17) is 15.2 Å². The molecule has 3 atom stereocenters. The lowest BCUT2D eigenvalue weighted by Crippen LogP contribution is -2.48. The molecule has 3 heterocycles. The van der Waals surface area contributed by atoms with Gasteiger partial charge in [-0.05, 0) is 25.3 Å². The minimum Gasteiger partial charge on any atom is -0.481 e. The van der Waals surface area contributed by atoms with Gasteiger partial charge in [-0.25, -0.2) is 14.4 Å². The van der Waals surface area contributed by atoms with Gasteiger partial charge in [-0.2, -0.15) is 0 Å². The maximum Gasteiger partial charge on any atom is 0.280 e. The van der Waals surface area contributed by atoms with Crippen LogP contribution in [-0.4, -0.2) is 57.6 Å². The molecule has 1 amide bonds. The van der Waals surface area contributed by atoms with Crippen molar-refractivity contribution in [2.75, 3.05) is 13.7 Å². The van der Waals surface area contributed by atoms with Crippen molar-refractivity contribution >= 4 is 11.6 Å². The van der Waals surface area contributed by atoms with Crippen molar-refractivity contribution in [3.05, 3.63) is 34.7 Å². The molecule has 0 bridgehead atoms. The Morgan fingerprint density at radius 3 is 2.82 bits per heavy atom. The number of alkyl halides is 1. The van der Waals surface area contributed by atoms with Gasteiger partial charge in [-0.3, -0.25) is 4.79 Å². The molecule has 2 aliphatic rings. The number of ether oxygens (including phenoxy) is 2. The molecule has 1 fully saturated rings. The van der Waals surface area contributed by atoms with E-state index in [-0.39, 0.29) is 22.6 Å². The number of rotatable bonds is 5. The lowest BCUT2D eigenvalue weighted by Gasteiger charge is -2.32. The normalized spacial score (nSPS) is 27.8. The van der Waals surface area contributed by atoms with Crippen LogP contribution in [0.15, 0.2) is 23.0 Å². The van der Waals surface area contributed by atoms with Crippen LogP contribution in [0.25, 0.3) is 0 Å². The summed E-state index contributed by atoms with van der Waals surface area (Å²) in [4.78, 5) is 19.6. The Hall–Kier alpha value is -2.40. The number of nitrogens with two attached hydrogens (primary N) is 1. The van der Waals surface area contributed by atoms with E-state index >= 15 is 4.39 Å². The van der Waals surface area contributed by atoms with Gasteiger partial charge in [0.05, 0.1) is 25.4 Å². The van der Waals surface area contributed by atoms with Crippen LogP contribution in [0.1, 0.15) is 42.1 Å². The fourth-order valence-electron chi connectivity index (χ4n) is 3.38. The highest BCUT2D eigenvalue weighted by Crippen LogP contribution is 2.40. The van der Waals surface area contributed by atoms with Crippen molar-refractivity contribution in [3.8, 4) is 5.88 Å². The number of aliphatic hydroxyl groups excluding tert-OH is 2. The Bertz CT molecular complexity index is 833. The van der Waals surface area contributed by atoms with Gasteiger partial charge in [0.25, 0.3) is 11.8 Å². The molecule has 0 aromatic carbocycles. The molecule has 0 radical (unpaired) electrons. The Morgan fingerprint density at radius 2 is 2.25 bits per heavy atom. The van der Waals surface area contributed by atoms with Crippen molar-refractivity contribution in [1.29, 1.82) is 0 Å². The fraction of sp³-hybridized carbons (Fsp3) is 0.500. The fourth-order valence-corrected chi connectivity index (χ4v) is 3.38. The van der Waals surface area contributed by atoms with Gasteiger partial charge < -0.3 is 30.5 Å². The largest absolute Gasteiger partial charge is 0.481 e. The number of hydrogen-bond acceptors (Lipinski definition) is 8. The Labute approximate surface area is 160 Å². The standard InChI is InChI=1S/C18H22FN3O6/c1-27-17-14(11-4-2-3-5-28-11)13(9(8-23)7-21-17)15-18(19,26)12(24)6-10(22-15)16(20)25/h6-7,11-12,23-24,26H,2-5,8H2,1H3,(H2,20,25). The number of carbonyl (C=O) groups is 1. The number of hydrogen-bond donors (Lipinski definition) is 4. The summed E-state index contributed by atoms with van der Waals surface area (Å²) in [5.41, 5.74) is 4.52. The Kier molecular flexibility index (Phi) is 5.75. The molecular formula is C18H22FN3O6. The number of aliphatic hydroxyl groups is 3. The molecule has 28 heavy (non-hydrogen) atoms. The summed E-state index contributed by atoms with van der Waals surface area (Å²) in [5, 5.41) is 30.2. The van der Waals surface area contributed by atoms with Crippen LogP contribution in [0.2, 0.25) is 0 Å². The van der Waals surface area contributed by atoms with E-state index in [0.29, 0.717) is 13.0 Å². The molecule has 152 valence electrons. The summed E-state index contributed by atoms with van der Waals surface area (Å²) in [6.45, 7) is -0.106. The number of nitrogens with zero attached hydrogens (tertiary/aromatic N) is 2. The Balaban J connectivity index is 2.29. The van der Waals surface area contributed by atoms with Crippen molar-refractivity contribution in [2.24, 2.45) is 10.7 Å². The number of primary amides is 1. The van der Waals surface area contributed by atoms with E-state index in [9.17, 15) is 20.1 Å². The molecule has 1 aromatic rings. The molecule has 5 N–H and O–H groups in total. The SMILES string of the molecule is COc1ncc(CO)c(C2=NC(C(N)=O)=CC(O)C2(O)F)c1C1CCCCO1. The third kappa shape index (κ3) is 3.51. The highest BCUT2D eigenvalue weighted by molar-refractivity contribution is 6.12. The van der Waals surface area contributed by atoms with Crippen LogP contribution in [0, 0.1) is 0 Å². The smallest absolute Gasteiger partial charge is 0.280 e. The first-order valence-electron chi connectivity index (χ1n) is 8.80. The maximum absolute atomic E-state index is 15.1. The van der Waals surface area contributed by atoms with Crippen LogP contribution in [-0.2, 0) is 16.1 Å². The van der Waals surface area contributed by atoms with Crippen LogP contribution in [0.5, 0.6) is 5.88 Å². The lowest BCUT2D eigenvalue weighted by molar-refractivity contribution is -0.115. The van der Waals surface area contributed by atoms with Gasteiger partial charge >= 0.3 is 0 Å². The molecule has 3 unspecified atom stereocenters. The second-order valence-corrected chi connectivity index (χ2v) is 6.59. The number of halogens is 1. The van der Waals surface area contributed by atoms with Gasteiger partial charge in [0, 0.05) is 23.9 Å². The maximum atomic E-state index is 15.1. The number of aromatic nitrogens is 1. The van der Waals surface area contributed by atoms with Crippen molar-refractivity contribution in [1.82, 2.24) is 4.98 Å². The summed E-state index contributed by atoms with van der Waals surface area (Å²) in [6.07, 6.45) is 1.58. The molecule has 0 spiro atoms. The van der Waals surface area contributed by atoms with E-state index in [0.717, 1.165) is 18.9 Å². The van der Waals surface area contributed by atoms with E-state index in [1.54, 1.807) is 0 Å². The van der Waals surface area contributed by atoms with Gasteiger partial charge in [-0.1, -0.05) is 0 Å². The average molecular weight is 395 g/mol. The highest BCUT2D eigenvalue weighted by Gasteiger charge is 2.47. The number of carbonyl (C=O) groups excluding carboxylic acids is 1. The van der Waals surface area contributed by atoms with Gasteiger partial charge in [0.2, 0.25) is 5.88 Å². The topological polar surface area (TPSA) is 147 Å².